The van der Waals surface area contributed by atoms with E-state index in [-0.39, 0.29) is 11.7 Å². The largest absolute Gasteiger partial charge is 0.452 e. The number of carbonyl (C=O) groups excluding carboxylic acids is 2. The molecule has 1 aromatic heterocycles. The Morgan fingerprint density at radius 3 is 2.65 bits per heavy atom. The molecule has 0 spiro atoms. The van der Waals surface area contributed by atoms with Crippen LogP contribution < -0.4 is 5.32 Å². The van der Waals surface area contributed by atoms with Crippen LogP contribution in [0, 0.1) is 10.1 Å². The summed E-state index contributed by atoms with van der Waals surface area (Å²) in [4.78, 5) is 33.1. The lowest BCUT2D eigenvalue weighted by molar-refractivity contribution is -0.402. The molecule has 0 unspecified atom stereocenters. The Balaban J connectivity index is 1.71. The van der Waals surface area contributed by atoms with Gasteiger partial charge in [0.25, 0.3) is 5.91 Å². The number of nitrogens with zero attached hydrogens (tertiary/aromatic N) is 1. The number of amides is 1. The summed E-state index contributed by atoms with van der Waals surface area (Å²) in [7, 11) is 0. The molecule has 0 aliphatic heterocycles. The maximum absolute atomic E-state index is 11.7. The Hall–Kier alpha value is -3.42. The minimum atomic E-state index is -0.754. The highest BCUT2D eigenvalue weighted by atomic mass is 16.6. The molecule has 8 nitrogen and oxygen atoms in total. The lowest BCUT2D eigenvalue weighted by Crippen LogP contribution is -2.31. The van der Waals surface area contributed by atoms with E-state index in [0.29, 0.717) is 6.54 Å². The summed E-state index contributed by atoms with van der Waals surface area (Å²) in [5.74, 6) is -1.33. The zero-order valence-electron chi connectivity index (χ0n) is 14.1. The molecule has 0 bridgehead atoms. The molecule has 0 fully saturated rings. The highest BCUT2D eigenvalue weighted by Gasteiger charge is 2.11. The monoisotopic (exact) mass is 358 g/mol. The summed E-state index contributed by atoms with van der Waals surface area (Å²) in [5.41, 5.74) is 1.10. The maximum atomic E-state index is 11.7. The Bertz CT molecular complexity index is 797. The summed E-state index contributed by atoms with van der Waals surface area (Å²) in [6.07, 6.45) is 2.26. The number of nitro groups is 1. The quantitative estimate of drug-likeness (QED) is 0.336. The molecule has 1 atom stereocenters. The van der Waals surface area contributed by atoms with Crippen molar-refractivity contribution in [1.82, 2.24) is 5.32 Å². The van der Waals surface area contributed by atoms with Gasteiger partial charge in [0.1, 0.15) is 10.7 Å². The first-order valence-corrected chi connectivity index (χ1v) is 7.86. The van der Waals surface area contributed by atoms with Crippen LogP contribution in [0.3, 0.4) is 0 Å². The van der Waals surface area contributed by atoms with Crippen LogP contribution in [0.15, 0.2) is 53.0 Å². The van der Waals surface area contributed by atoms with Crippen molar-refractivity contribution in [3.8, 4) is 0 Å². The second-order valence-electron chi connectivity index (χ2n) is 5.49. The van der Waals surface area contributed by atoms with Gasteiger partial charge in [-0.3, -0.25) is 14.9 Å². The van der Waals surface area contributed by atoms with Gasteiger partial charge in [-0.1, -0.05) is 37.3 Å². The Kier molecular flexibility index (Phi) is 6.67. The minimum absolute atomic E-state index is 0.130. The number of benzene rings is 1. The number of rotatable bonds is 8. The van der Waals surface area contributed by atoms with Gasteiger partial charge in [-0.05, 0) is 23.6 Å². The van der Waals surface area contributed by atoms with Crippen molar-refractivity contribution in [3.63, 3.8) is 0 Å². The summed E-state index contributed by atoms with van der Waals surface area (Å²) < 4.78 is 9.66. The number of furan rings is 1. The van der Waals surface area contributed by atoms with Crippen molar-refractivity contribution < 1.29 is 23.7 Å². The third-order valence-electron chi connectivity index (χ3n) is 3.50. The van der Waals surface area contributed by atoms with Crippen LogP contribution >= 0.6 is 0 Å². The molecule has 8 heteroatoms. The molecule has 0 aliphatic carbocycles. The van der Waals surface area contributed by atoms with E-state index in [9.17, 15) is 19.7 Å². The van der Waals surface area contributed by atoms with Gasteiger partial charge in [0, 0.05) is 12.6 Å². The van der Waals surface area contributed by atoms with Crippen molar-refractivity contribution in [3.05, 3.63) is 70.0 Å². The highest BCUT2D eigenvalue weighted by molar-refractivity contribution is 5.88. The molecule has 0 aliphatic rings. The molecule has 2 aromatic rings. The number of ether oxygens (including phenoxy) is 1. The van der Waals surface area contributed by atoms with Crippen molar-refractivity contribution in [1.29, 1.82) is 0 Å². The van der Waals surface area contributed by atoms with E-state index in [1.807, 2.05) is 37.3 Å². The van der Waals surface area contributed by atoms with Gasteiger partial charge in [0.05, 0.1) is 6.07 Å². The molecule has 1 heterocycles. The van der Waals surface area contributed by atoms with Crippen LogP contribution in [0.1, 0.15) is 24.2 Å². The molecule has 136 valence electrons. The topological polar surface area (TPSA) is 112 Å². The molecule has 0 radical (unpaired) electrons. The van der Waals surface area contributed by atoms with Crippen LogP contribution in [0.4, 0.5) is 5.88 Å². The van der Waals surface area contributed by atoms with Gasteiger partial charge >= 0.3 is 11.9 Å². The third kappa shape index (κ3) is 5.90. The van der Waals surface area contributed by atoms with Gasteiger partial charge in [-0.15, -0.1) is 0 Å². The third-order valence-corrected chi connectivity index (χ3v) is 3.50. The Morgan fingerprint density at radius 2 is 2.00 bits per heavy atom. The lowest BCUT2D eigenvalue weighted by Gasteiger charge is -2.12. The van der Waals surface area contributed by atoms with Gasteiger partial charge < -0.3 is 14.5 Å². The van der Waals surface area contributed by atoms with Gasteiger partial charge in [0.15, 0.2) is 6.61 Å². The molecule has 2 rings (SSSR count). The molecule has 0 saturated heterocycles. The zero-order valence-corrected chi connectivity index (χ0v) is 14.1. The molecular weight excluding hydrogens is 340 g/mol. The first-order chi connectivity index (χ1) is 12.5. The first-order valence-electron chi connectivity index (χ1n) is 7.86. The van der Waals surface area contributed by atoms with Crippen LogP contribution in [-0.4, -0.2) is 30.0 Å². The fourth-order valence-corrected chi connectivity index (χ4v) is 2.08. The summed E-state index contributed by atoms with van der Waals surface area (Å²) in [5, 5.41) is 13.2. The van der Waals surface area contributed by atoms with Crippen LogP contribution in [0.25, 0.3) is 6.08 Å². The number of hydrogen-bond donors (Lipinski definition) is 1. The fraction of sp³-hybridized carbons (Fsp3) is 0.222. The summed E-state index contributed by atoms with van der Waals surface area (Å²) in [6.45, 7) is 1.99. The molecular formula is C18H18N2O6. The van der Waals surface area contributed by atoms with E-state index in [4.69, 9.17) is 9.15 Å². The van der Waals surface area contributed by atoms with Crippen LogP contribution in [-0.2, 0) is 14.3 Å². The van der Waals surface area contributed by atoms with E-state index < -0.39 is 29.3 Å². The average Bonchev–Trinajstić information content (AvgIpc) is 3.13. The second kappa shape index (κ2) is 9.16. The van der Waals surface area contributed by atoms with Crippen LogP contribution in [0.5, 0.6) is 0 Å². The predicted molar refractivity (Wildman–Crippen MR) is 93.2 cm³/mol. The standard InChI is InChI=1S/C18H18N2O6/c1-13(14-5-3-2-4-6-14)11-19-16(21)12-25-18(22)10-8-15-7-9-17(26-15)20(23)24/h2-10,13H,11-12H2,1H3,(H,19,21)/b10-8+/t13-/m0/s1. The zero-order chi connectivity index (χ0) is 18.9. The lowest BCUT2D eigenvalue weighted by atomic mass is 10.0. The molecule has 0 saturated carbocycles. The molecule has 1 amide bonds. The highest BCUT2D eigenvalue weighted by Crippen LogP contribution is 2.16. The number of nitrogens with one attached hydrogen (secondary N) is 1. The maximum Gasteiger partial charge on any atom is 0.433 e. The first kappa shape index (κ1) is 18.9. The van der Waals surface area contributed by atoms with Gasteiger partial charge in [0.2, 0.25) is 0 Å². The fourth-order valence-electron chi connectivity index (χ4n) is 2.08. The molecule has 1 aromatic carbocycles. The van der Waals surface area contributed by atoms with Crippen molar-refractivity contribution in [2.45, 2.75) is 12.8 Å². The Morgan fingerprint density at radius 1 is 1.27 bits per heavy atom. The summed E-state index contributed by atoms with van der Waals surface area (Å²) >= 11 is 0. The van der Waals surface area contributed by atoms with Gasteiger partial charge in [-0.2, -0.15) is 0 Å². The number of esters is 1. The van der Waals surface area contributed by atoms with E-state index in [1.165, 1.54) is 18.2 Å². The SMILES string of the molecule is C[C@@H](CNC(=O)COC(=O)/C=C/c1ccc([N+](=O)[O-])o1)c1ccccc1. The molecule has 1 N–H and O–H groups in total. The Labute approximate surface area is 149 Å². The van der Waals surface area contributed by atoms with E-state index in [0.717, 1.165) is 11.6 Å². The molecule has 26 heavy (non-hydrogen) atoms. The number of carbonyl (C=O) groups is 2. The van der Waals surface area contributed by atoms with Gasteiger partial charge in [-0.25, -0.2) is 4.79 Å². The summed E-state index contributed by atoms with van der Waals surface area (Å²) in [6, 6.07) is 12.2. The smallest absolute Gasteiger partial charge is 0.433 e. The predicted octanol–water partition coefficient (Wildman–Crippen LogP) is 2.66. The van der Waals surface area contributed by atoms with Crippen LogP contribution in [0.2, 0.25) is 0 Å². The van der Waals surface area contributed by atoms with Crippen molar-refractivity contribution in [2.24, 2.45) is 0 Å². The minimum Gasteiger partial charge on any atom is -0.452 e. The van der Waals surface area contributed by atoms with E-state index in [1.54, 1.807) is 0 Å². The van der Waals surface area contributed by atoms with E-state index >= 15 is 0 Å². The van der Waals surface area contributed by atoms with E-state index in [2.05, 4.69) is 5.32 Å². The van der Waals surface area contributed by atoms with Crippen molar-refractivity contribution >= 4 is 23.8 Å². The number of hydrogen-bond acceptors (Lipinski definition) is 6. The van der Waals surface area contributed by atoms with Crippen molar-refractivity contribution in [2.75, 3.05) is 13.2 Å². The average molecular weight is 358 g/mol. The second-order valence-corrected chi connectivity index (χ2v) is 5.49. The normalized spacial score (nSPS) is 11.9.